The van der Waals surface area contributed by atoms with Gasteiger partial charge >= 0.3 is 0 Å². The van der Waals surface area contributed by atoms with Gasteiger partial charge in [-0.2, -0.15) is 0 Å². The van der Waals surface area contributed by atoms with Crippen molar-refractivity contribution in [3.63, 3.8) is 0 Å². The molecule has 1 unspecified atom stereocenters. The summed E-state index contributed by atoms with van der Waals surface area (Å²) in [5.41, 5.74) is 0.409. The van der Waals surface area contributed by atoms with Crippen LogP contribution in [0.3, 0.4) is 0 Å². The number of benzene rings is 1. The third-order valence-corrected chi connectivity index (χ3v) is 9.55. The van der Waals surface area contributed by atoms with Crippen LogP contribution in [-0.4, -0.2) is 93.6 Å². The van der Waals surface area contributed by atoms with E-state index in [9.17, 15) is 29.3 Å². The molecular weight excluding hydrogens is 612 g/mol. The van der Waals surface area contributed by atoms with Crippen LogP contribution in [0.4, 0.5) is 5.69 Å². The van der Waals surface area contributed by atoms with Crippen molar-refractivity contribution < 1.29 is 24.1 Å². The SMILES string of the molecule is C/C(=C\C(C(C)C)N(C)C(=O)[C@@H](NC(=O)[C@H]1CCCCN1C(C)C)C(C)(C)C)C(=O)N1CCC[C@H]1C(=O)NCc1cccc([N+](=O)[O-])c1. The normalized spacial score (nSPS) is 20.4. The van der Waals surface area contributed by atoms with Crippen molar-refractivity contribution >= 4 is 29.3 Å². The molecule has 12 nitrogen and oxygen atoms in total. The van der Waals surface area contributed by atoms with E-state index in [0.29, 0.717) is 30.5 Å². The number of carbonyl (C=O) groups is 4. The van der Waals surface area contributed by atoms with E-state index in [1.165, 1.54) is 12.1 Å². The summed E-state index contributed by atoms with van der Waals surface area (Å²) in [6.45, 7) is 17.1. The Morgan fingerprint density at radius 3 is 2.29 bits per heavy atom. The molecule has 12 heteroatoms. The number of rotatable bonds is 12. The monoisotopic (exact) mass is 668 g/mol. The Morgan fingerprint density at radius 1 is 1.02 bits per heavy atom. The summed E-state index contributed by atoms with van der Waals surface area (Å²) < 4.78 is 0. The quantitative estimate of drug-likeness (QED) is 0.191. The number of piperidine rings is 1. The summed E-state index contributed by atoms with van der Waals surface area (Å²) in [6.07, 6.45) is 5.75. The summed E-state index contributed by atoms with van der Waals surface area (Å²) >= 11 is 0. The van der Waals surface area contributed by atoms with E-state index in [0.717, 1.165) is 25.8 Å². The lowest BCUT2D eigenvalue weighted by atomic mass is 9.84. The van der Waals surface area contributed by atoms with Crippen molar-refractivity contribution in [3.8, 4) is 0 Å². The molecule has 0 aromatic heterocycles. The van der Waals surface area contributed by atoms with Crippen LogP contribution in [-0.2, 0) is 25.7 Å². The molecule has 2 aliphatic heterocycles. The first-order valence-corrected chi connectivity index (χ1v) is 17.3. The highest BCUT2D eigenvalue weighted by atomic mass is 16.6. The Balaban J connectivity index is 1.74. The summed E-state index contributed by atoms with van der Waals surface area (Å²) in [4.78, 5) is 70.7. The topological polar surface area (TPSA) is 145 Å². The van der Waals surface area contributed by atoms with E-state index in [1.54, 1.807) is 42.0 Å². The van der Waals surface area contributed by atoms with Crippen molar-refractivity contribution in [1.82, 2.24) is 25.3 Å². The molecule has 0 aliphatic carbocycles. The van der Waals surface area contributed by atoms with Crippen LogP contribution in [0.2, 0.25) is 0 Å². The maximum atomic E-state index is 14.1. The zero-order valence-corrected chi connectivity index (χ0v) is 30.2. The van der Waals surface area contributed by atoms with Crippen LogP contribution in [0.5, 0.6) is 0 Å². The van der Waals surface area contributed by atoms with Gasteiger partial charge in [0.25, 0.3) is 5.69 Å². The molecule has 2 saturated heterocycles. The third kappa shape index (κ3) is 9.64. The second-order valence-corrected chi connectivity index (χ2v) is 15.0. The van der Waals surface area contributed by atoms with Crippen LogP contribution in [0, 0.1) is 21.4 Å². The fourth-order valence-corrected chi connectivity index (χ4v) is 6.77. The van der Waals surface area contributed by atoms with Gasteiger partial charge in [-0.3, -0.25) is 34.2 Å². The van der Waals surface area contributed by atoms with E-state index < -0.39 is 28.5 Å². The molecular formula is C36H56N6O6. The Hall–Kier alpha value is -3.80. The van der Waals surface area contributed by atoms with Gasteiger partial charge in [-0.1, -0.05) is 59.2 Å². The predicted molar refractivity (Wildman–Crippen MR) is 186 cm³/mol. The van der Waals surface area contributed by atoms with Crippen LogP contribution in [0.25, 0.3) is 0 Å². The van der Waals surface area contributed by atoms with Crippen molar-refractivity contribution in [3.05, 3.63) is 51.6 Å². The fourth-order valence-electron chi connectivity index (χ4n) is 6.77. The Labute approximate surface area is 285 Å². The highest BCUT2D eigenvalue weighted by Gasteiger charge is 2.40. The fraction of sp³-hybridized carbons (Fsp3) is 0.667. The second-order valence-electron chi connectivity index (χ2n) is 15.0. The molecule has 48 heavy (non-hydrogen) atoms. The van der Waals surface area contributed by atoms with Crippen molar-refractivity contribution in [2.75, 3.05) is 20.1 Å². The van der Waals surface area contributed by atoms with Gasteiger partial charge in [0.1, 0.15) is 12.1 Å². The Kier molecular flexibility index (Phi) is 13.3. The molecule has 2 N–H and O–H groups in total. The lowest BCUT2D eigenvalue weighted by Crippen LogP contribution is -2.60. The maximum Gasteiger partial charge on any atom is 0.269 e. The predicted octanol–water partition coefficient (Wildman–Crippen LogP) is 4.43. The number of hydrogen-bond acceptors (Lipinski definition) is 7. The average Bonchev–Trinajstić information content (AvgIpc) is 3.53. The first-order chi connectivity index (χ1) is 22.4. The van der Waals surface area contributed by atoms with Crippen LogP contribution < -0.4 is 10.6 Å². The minimum Gasteiger partial charge on any atom is -0.350 e. The van der Waals surface area contributed by atoms with Crippen LogP contribution in [0.15, 0.2) is 35.9 Å². The molecule has 1 aromatic rings. The number of likely N-dealkylation sites (N-methyl/N-ethyl adjacent to an activating group) is 1. The number of hydrogen-bond donors (Lipinski definition) is 2. The number of nitro benzene ring substituents is 1. The summed E-state index contributed by atoms with van der Waals surface area (Å²) in [7, 11) is 1.72. The van der Waals surface area contributed by atoms with Crippen LogP contribution in [0.1, 0.15) is 93.1 Å². The number of non-ortho nitro benzene ring substituents is 1. The second kappa shape index (κ2) is 16.5. The van der Waals surface area contributed by atoms with E-state index in [-0.39, 0.29) is 53.9 Å². The minimum atomic E-state index is -0.769. The molecule has 3 rings (SSSR count). The van der Waals surface area contributed by atoms with Gasteiger partial charge in [-0.15, -0.1) is 0 Å². The molecule has 1 aromatic carbocycles. The van der Waals surface area contributed by atoms with Gasteiger partial charge in [-0.25, -0.2) is 0 Å². The largest absolute Gasteiger partial charge is 0.350 e. The third-order valence-electron chi connectivity index (χ3n) is 9.55. The minimum absolute atomic E-state index is 0.0413. The highest BCUT2D eigenvalue weighted by Crippen LogP contribution is 2.27. The van der Waals surface area contributed by atoms with Gasteiger partial charge in [-0.05, 0) is 69.9 Å². The summed E-state index contributed by atoms with van der Waals surface area (Å²) in [5, 5.41) is 17.1. The number of nitro groups is 1. The first kappa shape index (κ1) is 38.6. The van der Waals surface area contributed by atoms with E-state index >= 15 is 0 Å². The zero-order valence-electron chi connectivity index (χ0n) is 30.2. The van der Waals surface area contributed by atoms with Gasteiger partial charge in [0, 0.05) is 43.9 Å². The molecule has 0 spiro atoms. The van der Waals surface area contributed by atoms with E-state index in [1.807, 2.05) is 34.6 Å². The van der Waals surface area contributed by atoms with Gasteiger partial charge < -0.3 is 20.4 Å². The summed E-state index contributed by atoms with van der Waals surface area (Å²) in [5.74, 6) is -0.985. The lowest BCUT2D eigenvalue weighted by Gasteiger charge is -2.41. The number of nitrogens with one attached hydrogen (secondary N) is 2. The molecule has 0 saturated carbocycles. The van der Waals surface area contributed by atoms with Gasteiger partial charge in [0.15, 0.2) is 0 Å². The molecule has 0 bridgehead atoms. The van der Waals surface area contributed by atoms with Crippen molar-refractivity contribution in [2.45, 2.75) is 124 Å². The zero-order chi connectivity index (χ0) is 35.9. The van der Waals surface area contributed by atoms with Crippen molar-refractivity contribution in [1.29, 1.82) is 0 Å². The molecule has 0 radical (unpaired) electrons. The number of amides is 4. The van der Waals surface area contributed by atoms with Crippen molar-refractivity contribution in [2.24, 2.45) is 11.3 Å². The smallest absolute Gasteiger partial charge is 0.269 e. The molecule has 2 fully saturated rings. The van der Waals surface area contributed by atoms with Gasteiger partial charge in [0.05, 0.1) is 17.0 Å². The Morgan fingerprint density at radius 2 is 1.69 bits per heavy atom. The van der Waals surface area contributed by atoms with Gasteiger partial charge in [0.2, 0.25) is 23.6 Å². The standard InChI is InChI=1S/C36H56N6O6/c1-23(2)30(39(9)35(46)31(36(6,7)8)38-33(44)29-16-10-11-18-40(29)24(3)4)20-25(5)34(45)41-19-13-17-28(41)32(43)37-22-26-14-12-15-27(21-26)42(47)48/h12,14-15,20-21,23-24,28-31H,10-11,13,16-19,22H2,1-9H3,(H,37,43)(H,38,44)/b25-20+/t28-,29+,30?,31+/m0/s1. The molecule has 4 atom stereocenters. The number of likely N-dealkylation sites (tertiary alicyclic amines) is 2. The number of nitrogens with zero attached hydrogens (tertiary/aromatic N) is 4. The maximum absolute atomic E-state index is 14.1. The molecule has 266 valence electrons. The molecule has 2 heterocycles. The molecule has 4 amide bonds. The van der Waals surface area contributed by atoms with E-state index in [4.69, 9.17) is 0 Å². The average molecular weight is 669 g/mol. The highest BCUT2D eigenvalue weighted by molar-refractivity contribution is 5.97. The Bertz CT molecular complexity index is 1370. The molecule has 2 aliphatic rings. The first-order valence-electron chi connectivity index (χ1n) is 17.3. The van der Waals surface area contributed by atoms with E-state index in [2.05, 4.69) is 29.4 Å². The number of carbonyl (C=O) groups excluding carboxylic acids is 4. The summed E-state index contributed by atoms with van der Waals surface area (Å²) in [6, 6.07) is 4.15. The lowest BCUT2D eigenvalue weighted by molar-refractivity contribution is -0.384. The van der Waals surface area contributed by atoms with Crippen LogP contribution >= 0.6 is 0 Å².